The number of nitrogens with one attached hydrogen (secondary N) is 2. The Morgan fingerprint density at radius 3 is 2.47 bits per heavy atom. The maximum absolute atomic E-state index is 8.92. The summed E-state index contributed by atoms with van der Waals surface area (Å²) in [5.74, 6) is 6.64. The zero-order valence-electron chi connectivity index (χ0n) is 10.3. The molecule has 8 nitrogen and oxygen atoms in total. The van der Waals surface area contributed by atoms with Gasteiger partial charge in [0.05, 0.1) is 0 Å². The third-order valence-electron chi connectivity index (χ3n) is 2.07. The number of anilines is 3. The molecule has 0 aliphatic heterocycles. The van der Waals surface area contributed by atoms with Crippen LogP contribution in [0.4, 0.5) is 17.8 Å². The highest BCUT2D eigenvalue weighted by molar-refractivity contribution is 5.42. The van der Waals surface area contributed by atoms with E-state index in [1.165, 1.54) is 0 Å². The first-order chi connectivity index (χ1) is 8.06. The Morgan fingerprint density at radius 1 is 1.29 bits per heavy atom. The molecule has 1 atom stereocenters. The quantitative estimate of drug-likeness (QED) is 0.381. The van der Waals surface area contributed by atoms with E-state index in [4.69, 9.17) is 10.9 Å². The minimum Gasteiger partial charge on any atom is -0.396 e. The van der Waals surface area contributed by atoms with Crippen molar-refractivity contribution in [3.63, 3.8) is 0 Å². The highest BCUT2D eigenvalue weighted by Crippen LogP contribution is 2.10. The molecule has 0 aromatic carbocycles. The van der Waals surface area contributed by atoms with Crippen LogP contribution < -0.4 is 21.5 Å². The van der Waals surface area contributed by atoms with Gasteiger partial charge >= 0.3 is 0 Å². The fraction of sp³-hybridized carbons (Fsp3) is 0.667. The molecular formula is C9H19N7O. The first-order valence-electron chi connectivity index (χ1n) is 5.31. The SMILES string of the molecule is CC(CO)CNc1nc(NN)nc(N(C)C)n1. The van der Waals surface area contributed by atoms with Crippen LogP contribution in [0, 0.1) is 5.92 Å². The second-order valence-electron chi connectivity index (χ2n) is 3.99. The summed E-state index contributed by atoms with van der Waals surface area (Å²) in [6, 6.07) is 0. The largest absolute Gasteiger partial charge is 0.396 e. The van der Waals surface area contributed by atoms with Crippen LogP contribution in [-0.4, -0.2) is 47.3 Å². The van der Waals surface area contributed by atoms with Crippen LogP contribution in [0.2, 0.25) is 0 Å². The van der Waals surface area contributed by atoms with Crippen molar-refractivity contribution in [1.82, 2.24) is 15.0 Å². The van der Waals surface area contributed by atoms with Crippen LogP contribution in [0.1, 0.15) is 6.92 Å². The molecule has 0 bridgehead atoms. The maximum Gasteiger partial charge on any atom is 0.243 e. The fourth-order valence-electron chi connectivity index (χ4n) is 1.04. The van der Waals surface area contributed by atoms with Crippen LogP contribution in [0.25, 0.3) is 0 Å². The number of hydrogen-bond donors (Lipinski definition) is 4. The van der Waals surface area contributed by atoms with Gasteiger partial charge < -0.3 is 15.3 Å². The molecule has 96 valence electrons. The van der Waals surface area contributed by atoms with Crippen molar-refractivity contribution < 1.29 is 5.11 Å². The second kappa shape index (κ2) is 6.16. The topological polar surface area (TPSA) is 112 Å². The van der Waals surface area contributed by atoms with Gasteiger partial charge in [-0.2, -0.15) is 15.0 Å². The Bertz CT molecular complexity index is 357. The van der Waals surface area contributed by atoms with E-state index >= 15 is 0 Å². The first-order valence-corrected chi connectivity index (χ1v) is 5.31. The molecule has 1 aromatic rings. The molecule has 17 heavy (non-hydrogen) atoms. The fourth-order valence-corrected chi connectivity index (χ4v) is 1.04. The standard InChI is InChI=1S/C9H19N7O/c1-6(5-17)4-11-7-12-8(15-10)14-9(13-7)16(2)3/h6,17H,4-5,10H2,1-3H3,(H2,11,12,13,14,15). The third-order valence-corrected chi connectivity index (χ3v) is 2.07. The number of nitrogen functional groups attached to an aromatic ring is 1. The molecule has 1 rings (SSSR count). The van der Waals surface area contributed by atoms with Crippen molar-refractivity contribution in [2.24, 2.45) is 11.8 Å². The number of aliphatic hydroxyl groups is 1. The van der Waals surface area contributed by atoms with Gasteiger partial charge in [0.15, 0.2) is 0 Å². The van der Waals surface area contributed by atoms with Gasteiger partial charge in [0.25, 0.3) is 0 Å². The Labute approximate surface area is 100 Å². The lowest BCUT2D eigenvalue weighted by atomic mass is 10.2. The van der Waals surface area contributed by atoms with Crippen molar-refractivity contribution in [3.8, 4) is 0 Å². The summed E-state index contributed by atoms with van der Waals surface area (Å²) in [4.78, 5) is 14.1. The normalized spacial score (nSPS) is 12.1. The lowest BCUT2D eigenvalue weighted by Gasteiger charge is -2.14. The van der Waals surface area contributed by atoms with Gasteiger partial charge in [0, 0.05) is 27.2 Å². The molecule has 0 spiro atoms. The van der Waals surface area contributed by atoms with Crippen LogP contribution in [0.3, 0.4) is 0 Å². The molecule has 0 fully saturated rings. The van der Waals surface area contributed by atoms with Crippen molar-refractivity contribution in [2.75, 3.05) is 42.9 Å². The minimum absolute atomic E-state index is 0.112. The monoisotopic (exact) mass is 241 g/mol. The molecule has 8 heteroatoms. The lowest BCUT2D eigenvalue weighted by molar-refractivity contribution is 0.244. The number of aromatic nitrogens is 3. The number of nitrogens with two attached hydrogens (primary N) is 1. The molecular weight excluding hydrogens is 222 g/mol. The van der Waals surface area contributed by atoms with Crippen LogP contribution in [-0.2, 0) is 0 Å². The predicted molar refractivity (Wildman–Crippen MR) is 66.7 cm³/mol. The summed E-state index contributed by atoms with van der Waals surface area (Å²) in [5.41, 5.74) is 2.39. The summed E-state index contributed by atoms with van der Waals surface area (Å²) in [5, 5.41) is 11.9. The van der Waals surface area contributed by atoms with E-state index < -0.39 is 0 Å². The maximum atomic E-state index is 8.92. The number of aliphatic hydroxyl groups excluding tert-OH is 1. The van der Waals surface area contributed by atoms with Gasteiger partial charge in [-0.1, -0.05) is 6.92 Å². The minimum atomic E-state index is 0.112. The summed E-state index contributed by atoms with van der Waals surface area (Å²) >= 11 is 0. The Balaban J connectivity index is 2.80. The van der Waals surface area contributed by atoms with E-state index in [0.29, 0.717) is 24.4 Å². The van der Waals surface area contributed by atoms with Gasteiger partial charge in [-0.05, 0) is 5.92 Å². The van der Waals surface area contributed by atoms with Crippen molar-refractivity contribution in [2.45, 2.75) is 6.92 Å². The van der Waals surface area contributed by atoms with Crippen LogP contribution >= 0.6 is 0 Å². The summed E-state index contributed by atoms with van der Waals surface area (Å²) in [6.45, 7) is 2.61. The zero-order chi connectivity index (χ0) is 12.8. The highest BCUT2D eigenvalue weighted by Gasteiger charge is 2.08. The number of hydrogen-bond acceptors (Lipinski definition) is 8. The lowest BCUT2D eigenvalue weighted by Crippen LogP contribution is -2.21. The first kappa shape index (κ1) is 13.4. The van der Waals surface area contributed by atoms with E-state index in [0.717, 1.165) is 0 Å². The average Bonchev–Trinajstić information content (AvgIpc) is 2.35. The second-order valence-corrected chi connectivity index (χ2v) is 3.99. The molecule has 0 radical (unpaired) electrons. The summed E-state index contributed by atoms with van der Waals surface area (Å²) in [6.07, 6.45) is 0. The number of nitrogens with zero attached hydrogens (tertiary/aromatic N) is 4. The molecule has 0 aliphatic rings. The molecule has 5 N–H and O–H groups in total. The highest BCUT2D eigenvalue weighted by atomic mass is 16.3. The molecule has 1 unspecified atom stereocenters. The third kappa shape index (κ3) is 4.00. The molecule has 0 saturated heterocycles. The number of hydrazine groups is 1. The van der Waals surface area contributed by atoms with E-state index in [1.807, 2.05) is 21.0 Å². The van der Waals surface area contributed by atoms with Crippen molar-refractivity contribution >= 4 is 17.8 Å². The molecule has 1 heterocycles. The summed E-state index contributed by atoms with van der Waals surface area (Å²) < 4.78 is 0. The van der Waals surface area contributed by atoms with Crippen LogP contribution in [0.5, 0.6) is 0 Å². The predicted octanol–water partition coefficient (Wildman–Crippen LogP) is -0.736. The van der Waals surface area contributed by atoms with E-state index in [-0.39, 0.29) is 12.5 Å². The van der Waals surface area contributed by atoms with Gasteiger partial charge in [0.1, 0.15) is 0 Å². The Morgan fingerprint density at radius 2 is 1.94 bits per heavy atom. The van der Waals surface area contributed by atoms with Crippen molar-refractivity contribution in [3.05, 3.63) is 0 Å². The zero-order valence-corrected chi connectivity index (χ0v) is 10.3. The van der Waals surface area contributed by atoms with Gasteiger partial charge in [-0.25, -0.2) is 5.84 Å². The molecule has 0 amide bonds. The van der Waals surface area contributed by atoms with Gasteiger partial charge in [-0.15, -0.1) is 0 Å². The average molecular weight is 241 g/mol. The van der Waals surface area contributed by atoms with E-state index in [2.05, 4.69) is 25.7 Å². The van der Waals surface area contributed by atoms with E-state index in [1.54, 1.807) is 4.90 Å². The number of rotatable bonds is 6. The van der Waals surface area contributed by atoms with E-state index in [9.17, 15) is 0 Å². The van der Waals surface area contributed by atoms with Crippen molar-refractivity contribution in [1.29, 1.82) is 0 Å². The van der Waals surface area contributed by atoms with Crippen LogP contribution in [0.15, 0.2) is 0 Å². The Kier molecular flexibility index (Phi) is 4.85. The molecule has 1 aromatic heterocycles. The molecule has 0 aliphatic carbocycles. The summed E-state index contributed by atoms with van der Waals surface area (Å²) in [7, 11) is 3.66. The van der Waals surface area contributed by atoms with Gasteiger partial charge in [0.2, 0.25) is 17.8 Å². The Hall–Kier alpha value is -1.67. The smallest absolute Gasteiger partial charge is 0.243 e. The van der Waals surface area contributed by atoms with Gasteiger partial charge in [-0.3, -0.25) is 5.43 Å². The molecule has 0 saturated carbocycles.